The third-order valence-corrected chi connectivity index (χ3v) is 5.75. The summed E-state index contributed by atoms with van der Waals surface area (Å²) in [5.74, 6) is 0.454. The average Bonchev–Trinajstić information content (AvgIpc) is 2.80. The molecule has 170 valence electrons. The number of hydrogen-bond donors (Lipinski definition) is 0. The lowest BCUT2D eigenvalue weighted by Gasteiger charge is -2.30. The molecule has 0 radical (unpaired) electrons. The van der Waals surface area contributed by atoms with Crippen LogP contribution in [0.25, 0.3) is 10.9 Å². The maximum atomic E-state index is 13.1. The van der Waals surface area contributed by atoms with Crippen LogP contribution in [0.4, 0.5) is 0 Å². The molecule has 0 aliphatic heterocycles. The number of halogens is 1. The predicted octanol–water partition coefficient (Wildman–Crippen LogP) is 4.98. The van der Waals surface area contributed by atoms with Gasteiger partial charge in [0.25, 0.3) is 5.56 Å². The minimum Gasteiger partial charge on any atom is -0.367 e. The van der Waals surface area contributed by atoms with Crippen LogP contribution in [-0.4, -0.2) is 33.5 Å². The summed E-state index contributed by atoms with van der Waals surface area (Å²) in [6, 6.07) is 14.5. The number of nitrogens with zero attached hydrogens (tertiary/aromatic N) is 3. The number of benzene rings is 2. The zero-order valence-corrected chi connectivity index (χ0v) is 19.6. The van der Waals surface area contributed by atoms with E-state index >= 15 is 0 Å². The van der Waals surface area contributed by atoms with Gasteiger partial charge in [-0.3, -0.25) is 14.2 Å². The summed E-state index contributed by atoms with van der Waals surface area (Å²) in [4.78, 5) is 32.7. The van der Waals surface area contributed by atoms with E-state index in [4.69, 9.17) is 21.3 Å². The fourth-order valence-electron chi connectivity index (χ4n) is 3.75. The molecular formula is C25H30ClN3O3. The fourth-order valence-corrected chi connectivity index (χ4v) is 3.92. The van der Waals surface area contributed by atoms with E-state index < -0.39 is 0 Å². The minimum atomic E-state index is -0.373. The van der Waals surface area contributed by atoms with Gasteiger partial charge in [0, 0.05) is 18.1 Å². The van der Waals surface area contributed by atoms with Crippen LogP contribution in [0.5, 0.6) is 0 Å². The molecule has 1 heterocycles. The highest BCUT2D eigenvalue weighted by Gasteiger charge is 2.25. The van der Waals surface area contributed by atoms with Crippen molar-refractivity contribution in [2.24, 2.45) is 0 Å². The van der Waals surface area contributed by atoms with Gasteiger partial charge in [0.05, 0.1) is 23.6 Å². The third kappa shape index (κ3) is 5.56. The van der Waals surface area contributed by atoms with Crippen molar-refractivity contribution in [3.05, 3.63) is 75.3 Å². The number of rotatable bonds is 10. The molecule has 7 heteroatoms. The monoisotopic (exact) mass is 455 g/mol. The number of ether oxygens (including phenoxy) is 1. The lowest BCUT2D eigenvalue weighted by atomic mass is 10.2. The van der Waals surface area contributed by atoms with E-state index in [1.807, 2.05) is 44.2 Å². The Morgan fingerprint density at radius 2 is 1.94 bits per heavy atom. The van der Waals surface area contributed by atoms with Gasteiger partial charge in [-0.2, -0.15) is 0 Å². The first-order valence-electron chi connectivity index (χ1n) is 11.1. The first kappa shape index (κ1) is 24.0. The summed E-state index contributed by atoms with van der Waals surface area (Å²) in [6.45, 7) is 7.27. The molecular weight excluding hydrogens is 426 g/mol. The molecule has 0 saturated carbocycles. The molecule has 1 atom stereocenters. The highest BCUT2D eigenvalue weighted by atomic mass is 35.5. The number of fused-ring (bicyclic) bond motifs is 1. The van der Waals surface area contributed by atoms with E-state index in [1.165, 1.54) is 0 Å². The Bertz CT molecular complexity index is 1110. The van der Waals surface area contributed by atoms with Crippen molar-refractivity contribution in [1.82, 2.24) is 14.5 Å². The number of hydrogen-bond acceptors (Lipinski definition) is 4. The van der Waals surface area contributed by atoms with Crippen LogP contribution in [-0.2, 0) is 22.7 Å². The Hall–Kier alpha value is -2.70. The summed E-state index contributed by atoms with van der Waals surface area (Å²) in [5, 5.41) is 0.975. The van der Waals surface area contributed by atoms with Gasteiger partial charge < -0.3 is 9.64 Å². The Morgan fingerprint density at radius 1 is 1.19 bits per heavy atom. The lowest BCUT2D eigenvalue weighted by molar-refractivity contribution is -0.139. The molecule has 0 fully saturated rings. The third-order valence-electron chi connectivity index (χ3n) is 5.51. The summed E-state index contributed by atoms with van der Waals surface area (Å²) in [7, 11) is 0. The second-order valence-electron chi connectivity index (χ2n) is 7.78. The topological polar surface area (TPSA) is 64.4 Å². The molecule has 0 spiro atoms. The van der Waals surface area contributed by atoms with Crippen molar-refractivity contribution in [1.29, 1.82) is 0 Å². The van der Waals surface area contributed by atoms with E-state index in [9.17, 15) is 9.59 Å². The maximum Gasteiger partial charge on any atom is 0.261 e. The van der Waals surface area contributed by atoms with Crippen LogP contribution >= 0.6 is 11.6 Å². The van der Waals surface area contributed by atoms with E-state index in [0.29, 0.717) is 41.4 Å². The van der Waals surface area contributed by atoms with Crippen molar-refractivity contribution in [3.8, 4) is 0 Å². The molecule has 1 aromatic heterocycles. The lowest BCUT2D eigenvalue weighted by Crippen LogP contribution is -2.40. The number of aromatic nitrogens is 2. The molecule has 1 amide bonds. The normalized spacial score (nSPS) is 12.1. The Kier molecular flexibility index (Phi) is 8.42. The number of unbranched alkanes of at least 4 members (excludes halogenated alkanes) is 1. The molecule has 6 nitrogen and oxygen atoms in total. The van der Waals surface area contributed by atoms with Gasteiger partial charge in [0.2, 0.25) is 5.91 Å². The molecule has 0 saturated heterocycles. The van der Waals surface area contributed by atoms with E-state index in [0.717, 1.165) is 18.4 Å². The number of carbonyl (C=O) groups is 1. The maximum absolute atomic E-state index is 13.1. The molecule has 32 heavy (non-hydrogen) atoms. The second-order valence-corrected chi connectivity index (χ2v) is 8.21. The molecule has 3 rings (SSSR count). The van der Waals surface area contributed by atoms with Gasteiger partial charge in [0.1, 0.15) is 12.4 Å². The van der Waals surface area contributed by atoms with Crippen molar-refractivity contribution < 1.29 is 9.53 Å². The SMILES string of the molecule is CCCCN(C(=O)COCc1ccccc1)C(C)c1nc2ccc(Cl)cc2c(=O)n1CC. The molecule has 3 aromatic rings. The standard InChI is InChI=1S/C25H30ClN3O3/c1-4-6-14-29(23(30)17-32-16-19-10-8-7-9-11-19)18(3)24-27-22-13-12-20(26)15-21(22)25(31)28(24)5-2/h7-13,15,18H,4-6,14,16-17H2,1-3H3. The van der Waals surface area contributed by atoms with Crippen molar-refractivity contribution in [3.63, 3.8) is 0 Å². The number of amides is 1. The van der Waals surface area contributed by atoms with E-state index in [2.05, 4.69) is 6.92 Å². The first-order chi connectivity index (χ1) is 15.5. The molecule has 0 aliphatic carbocycles. The fraction of sp³-hybridized carbons (Fsp3) is 0.400. The highest BCUT2D eigenvalue weighted by molar-refractivity contribution is 6.31. The largest absolute Gasteiger partial charge is 0.367 e. The van der Waals surface area contributed by atoms with Gasteiger partial charge in [0.15, 0.2) is 0 Å². The van der Waals surface area contributed by atoms with E-state index in [1.54, 1.807) is 27.7 Å². The van der Waals surface area contributed by atoms with Crippen molar-refractivity contribution in [2.45, 2.75) is 52.8 Å². The summed E-state index contributed by atoms with van der Waals surface area (Å²) < 4.78 is 7.32. The van der Waals surface area contributed by atoms with Crippen LogP contribution in [0, 0.1) is 0 Å². The van der Waals surface area contributed by atoms with Crippen molar-refractivity contribution in [2.75, 3.05) is 13.2 Å². The highest BCUT2D eigenvalue weighted by Crippen LogP contribution is 2.22. The Morgan fingerprint density at radius 3 is 2.62 bits per heavy atom. The quantitative estimate of drug-likeness (QED) is 0.432. The van der Waals surface area contributed by atoms with Crippen LogP contribution in [0.3, 0.4) is 0 Å². The summed E-state index contributed by atoms with van der Waals surface area (Å²) in [5.41, 5.74) is 1.45. The molecule has 0 aliphatic rings. The first-order valence-corrected chi connectivity index (χ1v) is 11.4. The van der Waals surface area contributed by atoms with Gasteiger partial charge >= 0.3 is 0 Å². The van der Waals surface area contributed by atoms with Gasteiger partial charge in [-0.15, -0.1) is 0 Å². The zero-order chi connectivity index (χ0) is 23.1. The molecule has 2 aromatic carbocycles. The van der Waals surface area contributed by atoms with Crippen LogP contribution in [0.1, 0.15) is 51.0 Å². The number of carbonyl (C=O) groups excluding carboxylic acids is 1. The molecule has 1 unspecified atom stereocenters. The molecule has 0 bridgehead atoms. The Labute approximate surface area is 193 Å². The summed E-state index contributed by atoms with van der Waals surface area (Å²) >= 11 is 6.09. The van der Waals surface area contributed by atoms with Gasteiger partial charge in [-0.05, 0) is 44.0 Å². The summed E-state index contributed by atoms with van der Waals surface area (Å²) in [6.07, 6.45) is 1.81. The van der Waals surface area contributed by atoms with E-state index in [-0.39, 0.29) is 24.1 Å². The zero-order valence-electron chi connectivity index (χ0n) is 18.9. The van der Waals surface area contributed by atoms with Crippen LogP contribution in [0.2, 0.25) is 5.02 Å². The Balaban J connectivity index is 1.86. The minimum absolute atomic E-state index is 0.0253. The van der Waals surface area contributed by atoms with Crippen molar-refractivity contribution >= 4 is 28.4 Å². The average molecular weight is 456 g/mol. The smallest absolute Gasteiger partial charge is 0.261 e. The molecule has 0 N–H and O–H groups in total. The van der Waals surface area contributed by atoms with Gasteiger partial charge in [-0.25, -0.2) is 4.98 Å². The second kappa shape index (κ2) is 11.2. The predicted molar refractivity (Wildman–Crippen MR) is 128 cm³/mol. The van der Waals surface area contributed by atoms with Crippen LogP contribution in [0.15, 0.2) is 53.3 Å². The van der Waals surface area contributed by atoms with Crippen LogP contribution < -0.4 is 5.56 Å². The van der Waals surface area contributed by atoms with Gasteiger partial charge in [-0.1, -0.05) is 55.3 Å².